The average molecular weight is 360 g/mol. The first-order valence-corrected chi connectivity index (χ1v) is 8.76. The van der Waals surface area contributed by atoms with Crippen LogP contribution in [0.1, 0.15) is 44.2 Å². The smallest absolute Gasteiger partial charge is 0.270 e. The molecule has 1 aromatic rings. The molecule has 0 N–H and O–H groups in total. The number of carboxylic acid groups (broad SMARTS) is 1. The topological polar surface area (TPSA) is 69.7 Å². The van der Waals surface area contributed by atoms with E-state index in [9.17, 15) is 22.9 Å². The standard InChI is InChI=1S/C16H21F2NO4S/c1-3-4-9-16(11-23-24(22)19(16)14(20)21)10-12-5-7-13(8-6-12)15(2,17)18/h5-8H,3-4,9-11H2,1-2H3,(H,20,21)/p-1/t16?,24-/m0/s1. The van der Waals surface area contributed by atoms with Gasteiger partial charge in [-0.1, -0.05) is 44.0 Å². The van der Waals surface area contributed by atoms with E-state index in [1.807, 2.05) is 6.92 Å². The zero-order chi connectivity index (χ0) is 18.0. The van der Waals surface area contributed by atoms with Gasteiger partial charge in [-0.15, -0.1) is 0 Å². The van der Waals surface area contributed by atoms with Crippen LogP contribution in [-0.4, -0.2) is 26.8 Å². The molecule has 134 valence electrons. The van der Waals surface area contributed by atoms with E-state index in [0.29, 0.717) is 12.0 Å². The molecule has 1 fully saturated rings. The van der Waals surface area contributed by atoms with E-state index in [2.05, 4.69) is 0 Å². The van der Waals surface area contributed by atoms with Crippen molar-refractivity contribution >= 4 is 17.4 Å². The number of hydrogen-bond acceptors (Lipinski definition) is 4. The summed E-state index contributed by atoms with van der Waals surface area (Å²) in [5, 5.41) is 11.4. The summed E-state index contributed by atoms with van der Waals surface area (Å²) in [6, 6.07) is 5.71. The summed E-state index contributed by atoms with van der Waals surface area (Å²) in [6.07, 6.45) is 0.668. The van der Waals surface area contributed by atoms with Crippen molar-refractivity contribution in [2.75, 3.05) is 6.61 Å². The monoisotopic (exact) mass is 360 g/mol. The van der Waals surface area contributed by atoms with Gasteiger partial charge in [0.25, 0.3) is 17.2 Å². The summed E-state index contributed by atoms with van der Waals surface area (Å²) < 4.78 is 44.2. The van der Waals surface area contributed by atoms with E-state index < -0.39 is 28.8 Å². The van der Waals surface area contributed by atoms with Crippen molar-refractivity contribution in [2.45, 2.75) is 51.0 Å². The molecule has 1 saturated heterocycles. The van der Waals surface area contributed by atoms with Crippen LogP contribution in [0.2, 0.25) is 0 Å². The number of benzene rings is 1. The van der Waals surface area contributed by atoms with Gasteiger partial charge in [0.1, 0.15) is 0 Å². The van der Waals surface area contributed by atoms with Crippen molar-refractivity contribution in [1.29, 1.82) is 0 Å². The summed E-state index contributed by atoms with van der Waals surface area (Å²) in [5.41, 5.74) is -0.444. The fraction of sp³-hybridized carbons (Fsp3) is 0.562. The molecule has 1 amide bonds. The lowest BCUT2D eigenvalue weighted by Crippen LogP contribution is -2.55. The van der Waals surface area contributed by atoms with Gasteiger partial charge in [0, 0.05) is 12.5 Å². The number of amides is 1. The highest BCUT2D eigenvalue weighted by atomic mass is 32.2. The number of nitrogens with zero attached hydrogens (tertiary/aromatic N) is 1. The van der Waals surface area contributed by atoms with Crippen molar-refractivity contribution in [3.63, 3.8) is 0 Å². The van der Waals surface area contributed by atoms with Crippen LogP contribution in [0.5, 0.6) is 0 Å². The van der Waals surface area contributed by atoms with Crippen LogP contribution >= 0.6 is 0 Å². The first-order chi connectivity index (χ1) is 11.2. The van der Waals surface area contributed by atoms with Gasteiger partial charge in [0.15, 0.2) is 6.09 Å². The van der Waals surface area contributed by atoms with Gasteiger partial charge in [0.2, 0.25) is 0 Å². The Balaban J connectivity index is 2.29. The van der Waals surface area contributed by atoms with Gasteiger partial charge >= 0.3 is 0 Å². The number of hydrogen-bond donors (Lipinski definition) is 0. The number of alkyl halides is 2. The fourth-order valence-corrected chi connectivity index (χ4v) is 3.94. The number of carbonyl (C=O) groups excluding carboxylic acids is 1. The number of rotatable bonds is 6. The highest BCUT2D eigenvalue weighted by molar-refractivity contribution is 7.78. The Morgan fingerprint density at radius 3 is 2.54 bits per heavy atom. The Kier molecular flexibility index (Phi) is 5.59. The molecule has 0 bridgehead atoms. The maximum Gasteiger partial charge on any atom is 0.270 e. The first kappa shape index (κ1) is 18.8. The third-order valence-corrected chi connectivity index (χ3v) is 5.32. The van der Waals surface area contributed by atoms with Crippen LogP contribution in [-0.2, 0) is 27.8 Å². The van der Waals surface area contributed by atoms with E-state index in [4.69, 9.17) is 4.18 Å². The summed E-state index contributed by atoms with van der Waals surface area (Å²) >= 11 is -2.10. The minimum Gasteiger partial charge on any atom is -0.529 e. The molecule has 2 rings (SSSR count). The minimum absolute atomic E-state index is 0.0146. The SMILES string of the molecule is CCCCC1(Cc2ccc(C(C)(F)F)cc2)CO[S@](=O)N1C(=O)[O-]. The van der Waals surface area contributed by atoms with Crippen LogP contribution in [0, 0.1) is 0 Å². The molecule has 1 aliphatic rings. The minimum atomic E-state index is -2.94. The van der Waals surface area contributed by atoms with Crippen molar-refractivity contribution in [3.8, 4) is 0 Å². The number of unbranched alkanes of at least 4 members (excludes halogenated alkanes) is 1. The normalized spacial score (nSPS) is 24.3. The zero-order valence-electron chi connectivity index (χ0n) is 13.6. The third-order valence-electron chi connectivity index (χ3n) is 4.16. The van der Waals surface area contributed by atoms with Crippen molar-refractivity contribution in [2.24, 2.45) is 0 Å². The first-order valence-electron chi connectivity index (χ1n) is 7.73. The largest absolute Gasteiger partial charge is 0.529 e. The molecule has 1 unspecified atom stereocenters. The highest BCUT2D eigenvalue weighted by Gasteiger charge is 2.47. The lowest BCUT2D eigenvalue weighted by Gasteiger charge is -2.36. The second-order valence-corrected chi connectivity index (χ2v) is 7.16. The van der Waals surface area contributed by atoms with Gasteiger partial charge < -0.3 is 9.90 Å². The Morgan fingerprint density at radius 2 is 2.04 bits per heavy atom. The molecule has 0 aromatic heterocycles. The molecule has 1 aromatic carbocycles. The third kappa shape index (κ3) is 3.92. The maximum absolute atomic E-state index is 13.3. The summed E-state index contributed by atoms with van der Waals surface area (Å²) in [5.74, 6) is -2.94. The van der Waals surface area contributed by atoms with E-state index >= 15 is 0 Å². The van der Waals surface area contributed by atoms with E-state index in [1.54, 1.807) is 0 Å². The van der Waals surface area contributed by atoms with Gasteiger partial charge in [0.05, 0.1) is 12.1 Å². The summed E-state index contributed by atoms with van der Waals surface area (Å²) in [7, 11) is 0. The van der Waals surface area contributed by atoms with Gasteiger partial charge in [-0.05, 0) is 18.4 Å². The molecule has 1 heterocycles. The molecule has 0 spiro atoms. The predicted molar refractivity (Wildman–Crippen MR) is 83.3 cm³/mol. The van der Waals surface area contributed by atoms with Crippen LogP contribution in [0.25, 0.3) is 0 Å². The number of halogens is 2. The van der Waals surface area contributed by atoms with Crippen LogP contribution in [0.4, 0.5) is 13.6 Å². The van der Waals surface area contributed by atoms with Crippen LogP contribution < -0.4 is 5.11 Å². The van der Waals surface area contributed by atoms with Gasteiger partial charge in [-0.25, -0.2) is 17.3 Å². The second kappa shape index (κ2) is 7.14. The number of carbonyl (C=O) groups is 1. The maximum atomic E-state index is 13.3. The van der Waals surface area contributed by atoms with Gasteiger partial charge in [-0.3, -0.25) is 4.18 Å². The van der Waals surface area contributed by atoms with Crippen LogP contribution in [0.15, 0.2) is 24.3 Å². The van der Waals surface area contributed by atoms with E-state index in [0.717, 1.165) is 24.1 Å². The molecule has 0 aliphatic carbocycles. The van der Waals surface area contributed by atoms with Gasteiger partial charge in [-0.2, -0.15) is 0 Å². The Labute approximate surface area is 142 Å². The van der Waals surface area contributed by atoms with Crippen molar-refractivity contribution in [1.82, 2.24) is 4.31 Å². The molecular formula is C16H20F2NO4S-. The zero-order valence-corrected chi connectivity index (χ0v) is 14.4. The lowest BCUT2D eigenvalue weighted by atomic mass is 9.86. The van der Waals surface area contributed by atoms with E-state index in [-0.39, 0.29) is 18.6 Å². The molecule has 2 atom stereocenters. The summed E-state index contributed by atoms with van der Waals surface area (Å²) in [4.78, 5) is 11.4. The molecule has 24 heavy (non-hydrogen) atoms. The highest BCUT2D eigenvalue weighted by Crippen LogP contribution is 2.35. The Hall–Kier alpha value is -1.54. The predicted octanol–water partition coefficient (Wildman–Crippen LogP) is 2.52. The molecule has 1 aliphatic heterocycles. The van der Waals surface area contributed by atoms with Crippen molar-refractivity contribution in [3.05, 3.63) is 35.4 Å². The molecule has 0 radical (unpaired) electrons. The summed E-state index contributed by atoms with van der Waals surface area (Å²) in [6.45, 7) is 2.76. The fourth-order valence-electron chi connectivity index (χ4n) is 2.87. The average Bonchev–Trinajstić information content (AvgIpc) is 2.82. The van der Waals surface area contributed by atoms with Crippen molar-refractivity contribution < 1.29 is 27.1 Å². The Morgan fingerprint density at radius 1 is 1.42 bits per heavy atom. The lowest BCUT2D eigenvalue weighted by molar-refractivity contribution is -0.263. The molecule has 0 saturated carbocycles. The second-order valence-electron chi connectivity index (χ2n) is 6.13. The quantitative estimate of drug-likeness (QED) is 0.782. The van der Waals surface area contributed by atoms with E-state index in [1.165, 1.54) is 24.3 Å². The molecule has 5 nitrogen and oxygen atoms in total. The molecular weight excluding hydrogens is 340 g/mol. The Bertz CT molecular complexity index is 617. The van der Waals surface area contributed by atoms with Crippen LogP contribution in [0.3, 0.4) is 0 Å². The molecule has 8 heteroatoms.